The SMILES string of the molecule is Cc1c(Cc2cccc(C(=O)O)c2F)c(=O)oc2cc(Oc3ncccc3F)ccc12. The van der Waals surface area contributed by atoms with Crippen LogP contribution in [0.25, 0.3) is 11.0 Å². The van der Waals surface area contributed by atoms with Crippen molar-refractivity contribution in [2.75, 3.05) is 0 Å². The van der Waals surface area contributed by atoms with Gasteiger partial charge in [-0.3, -0.25) is 0 Å². The van der Waals surface area contributed by atoms with Gasteiger partial charge < -0.3 is 14.3 Å². The number of aromatic nitrogens is 1. The Morgan fingerprint density at radius 2 is 1.97 bits per heavy atom. The first-order valence-corrected chi connectivity index (χ1v) is 9.20. The van der Waals surface area contributed by atoms with E-state index >= 15 is 0 Å². The zero-order valence-corrected chi connectivity index (χ0v) is 16.2. The summed E-state index contributed by atoms with van der Waals surface area (Å²) in [4.78, 5) is 27.6. The number of carboxylic acids is 1. The van der Waals surface area contributed by atoms with E-state index in [4.69, 9.17) is 14.3 Å². The average Bonchev–Trinajstić information content (AvgIpc) is 2.73. The van der Waals surface area contributed by atoms with Crippen LogP contribution in [-0.2, 0) is 6.42 Å². The second-order valence-electron chi connectivity index (χ2n) is 6.80. The summed E-state index contributed by atoms with van der Waals surface area (Å²) >= 11 is 0. The molecule has 2 aromatic heterocycles. The molecule has 0 atom stereocenters. The fraction of sp³-hybridized carbons (Fsp3) is 0.0870. The Morgan fingerprint density at radius 1 is 1.16 bits per heavy atom. The Balaban J connectivity index is 1.73. The first kappa shape index (κ1) is 20.2. The molecule has 2 heterocycles. The minimum absolute atomic E-state index is 0.0697. The number of halogens is 2. The summed E-state index contributed by atoms with van der Waals surface area (Å²) in [5, 5.41) is 9.68. The Morgan fingerprint density at radius 3 is 2.71 bits per heavy atom. The van der Waals surface area contributed by atoms with E-state index < -0.39 is 28.8 Å². The monoisotopic (exact) mass is 423 g/mol. The number of rotatable bonds is 5. The quantitative estimate of drug-likeness (QED) is 0.462. The van der Waals surface area contributed by atoms with Gasteiger partial charge in [-0.15, -0.1) is 0 Å². The van der Waals surface area contributed by atoms with Gasteiger partial charge >= 0.3 is 11.6 Å². The predicted octanol–water partition coefficient (Wildman–Crippen LogP) is 4.86. The van der Waals surface area contributed by atoms with Gasteiger partial charge in [-0.1, -0.05) is 12.1 Å². The lowest BCUT2D eigenvalue weighted by atomic mass is 9.98. The van der Waals surface area contributed by atoms with Crippen molar-refractivity contribution in [1.29, 1.82) is 0 Å². The molecule has 0 spiro atoms. The maximum absolute atomic E-state index is 14.5. The summed E-state index contributed by atoms with van der Waals surface area (Å²) in [7, 11) is 0. The van der Waals surface area contributed by atoms with Crippen molar-refractivity contribution in [3.05, 3.63) is 99.0 Å². The molecular formula is C23H15F2NO5. The topological polar surface area (TPSA) is 89.6 Å². The highest BCUT2D eigenvalue weighted by Gasteiger charge is 2.18. The number of ether oxygens (including phenoxy) is 1. The largest absolute Gasteiger partial charge is 0.478 e. The van der Waals surface area contributed by atoms with Gasteiger partial charge in [0.05, 0.1) is 5.56 Å². The number of pyridine rings is 1. The van der Waals surface area contributed by atoms with Crippen molar-refractivity contribution in [2.24, 2.45) is 0 Å². The van der Waals surface area contributed by atoms with E-state index in [0.29, 0.717) is 10.9 Å². The number of hydrogen-bond acceptors (Lipinski definition) is 5. The summed E-state index contributed by atoms with van der Waals surface area (Å²) in [5.74, 6) is -2.92. The van der Waals surface area contributed by atoms with Crippen molar-refractivity contribution in [3.8, 4) is 11.6 Å². The van der Waals surface area contributed by atoms with E-state index in [2.05, 4.69) is 4.98 Å². The van der Waals surface area contributed by atoms with Gasteiger partial charge in [0.2, 0.25) is 0 Å². The molecule has 6 nitrogen and oxygen atoms in total. The minimum Gasteiger partial charge on any atom is -0.478 e. The maximum atomic E-state index is 14.5. The Hall–Kier alpha value is -4.07. The van der Waals surface area contributed by atoms with E-state index in [0.717, 1.165) is 6.07 Å². The summed E-state index contributed by atoms with van der Waals surface area (Å²) in [6.07, 6.45) is 1.25. The van der Waals surface area contributed by atoms with Crippen LogP contribution in [-0.4, -0.2) is 16.1 Å². The summed E-state index contributed by atoms with van der Waals surface area (Å²) in [6, 6.07) is 11.3. The lowest BCUT2D eigenvalue weighted by molar-refractivity contribution is 0.0691. The normalized spacial score (nSPS) is 10.9. The van der Waals surface area contributed by atoms with E-state index in [-0.39, 0.29) is 34.8 Å². The Bertz CT molecular complexity index is 1380. The van der Waals surface area contributed by atoms with Crippen LogP contribution in [0.2, 0.25) is 0 Å². The summed E-state index contributed by atoms with van der Waals surface area (Å²) < 4.78 is 39.1. The summed E-state index contributed by atoms with van der Waals surface area (Å²) in [5.41, 5.74) is -0.115. The lowest BCUT2D eigenvalue weighted by Gasteiger charge is -2.11. The summed E-state index contributed by atoms with van der Waals surface area (Å²) in [6.45, 7) is 1.69. The van der Waals surface area contributed by atoms with Crippen molar-refractivity contribution in [3.63, 3.8) is 0 Å². The van der Waals surface area contributed by atoms with Crippen molar-refractivity contribution < 1.29 is 27.8 Å². The predicted molar refractivity (Wildman–Crippen MR) is 108 cm³/mol. The molecule has 0 aliphatic rings. The smallest absolute Gasteiger partial charge is 0.340 e. The molecule has 2 aromatic carbocycles. The van der Waals surface area contributed by atoms with Crippen LogP contribution in [0.15, 0.2) is 63.9 Å². The van der Waals surface area contributed by atoms with Gasteiger partial charge in [0, 0.05) is 29.6 Å². The number of carbonyl (C=O) groups is 1. The molecule has 0 saturated heterocycles. The van der Waals surface area contributed by atoms with Gasteiger partial charge in [0.15, 0.2) is 5.82 Å². The van der Waals surface area contributed by atoms with Gasteiger partial charge in [-0.2, -0.15) is 0 Å². The fourth-order valence-electron chi connectivity index (χ4n) is 3.27. The number of benzene rings is 2. The molecule has 0 fully saturated rings. The average molecular weight is 423 g/mol. The van der Waals surface area contributed by atoms with Gasteiger partial charge in [0.25, 0.3) is 5.88 Å². The molecule has 8 heteroatoms. The van der Waals surface area contributed by atoms with Crippen LogP contribution in [0.4, 0.5) is 8.78 Å². The van der Waals surface area contributed by atoms with Crippen molar-refractivity contribution >= 4 is 16.9 Å². The van der Waals surface area contributed by atoms with Crippen LogP contribution in [0.3, 0.4) is 0 Å². The van der Waals surface area contributed by atoms with Gasteiger partial charge in [0.1, 0.15) is 17.1 Å². The first-order valence-electron chi connectivity index (χ1n) is 9.20. The fourth-order valence-corrected chi connectivity index (χ4v) is 3.27. The van der Waals surface area contributed by atoms with Crippen LogP contribution >= 0.6 is 0 Å². The zero-order valence-electron chi connectivity index (χ0n) is 16.2. The van der Waals surface area contributed by atoms with Crippen LogP contribution in [0, 0.1) is 18.6 Å². The van der Waals surface area contributed by atoms with E-state index in [1.165, 1.54) is 36.5 Å². The van der Waals surface area contributed by atoms with Crippen molar-refractivity contribution in [2.45, 2.75) is 13.3 Å². The second kappa shape index (κ2) is 7.98. The van der Waals surface area contributed by atoms with Crippen LogP contribution < -0.4 is 10.4 Å². The molecular weight excluding hydrogens is 408 g/mol. The Kier molecular flexibility index (Phi) is 5.21. The van der Waals surface area contributed by atoms with E-state index in [1.807, 2.05) is 0 Å². The third-order valence-electron chi connectivity index (χ3n) is 4.87. The minimum atomic E-state index is -1.39. The molecule has 0 aliphatic carbocycles. The Labute approximate surface area is 174 Å². The highest BCUT2D eigenvalue weighted by atomic mass is 19.1. The van der Waals surface area contributed by atoms with E-state index in [9.17, 15) is 18.4 Å². The molecule has 31 heavy (non-hydrogen) atoms. The number of aryl methyl sites for hydroxylation is 1. The zero-order chi connectivity index (χ0) is 22.1. The second-order valence-corrected chi connectivity index (χ2v) is 6.80. The number of nitrogens with zero attached hydrogens (tertiary/aromatic N) is 1. The first-order chi connectivity index (χ1) is 14.8. The molecule has 0 aliphatic heterocycles. The highest BCUT2D eigenvalue weighted by Crippen LogP contribution is 2.28. The van der Waals surface area contributed by atoms with Gasteiger partial charge in [-0.25, -0.2) is 23.4 Å². The third-order valence-corrected chi connectivity index (χ3v) is 4.87. The van der Waals surface area contributed by atoms with Crippen LogP contribution in [0.1, 0.15) is 27.0 Å². The molecule has 0 amide bonds. The van der Waals surface area contributed by atoms with Crippen molar-refractivity contribution in [1.82, 2.24) is 4.98 Å². The molecule has 0 saturated carbocycles. The molecule has 4 rings (SSSR count). The molecule has 156 valence electrons. The highest BCUT2D eigenvalue weighted by molar-refractivity contribution is 5.88. The lowest BCUT2D eigenvalue weighted by Crippen LogP contribution is -2.13. The maximum Gasteiger partial charge on any atom is 0.340 e. The molecule has 0 bridgehead atoms. The number of hydrogen-bond donors (Lipinski definition) is 1. The molecule has 1 N–H and O–H groups in total. The number of aromatic carboxylic acids is 1. The molecule has 4 aromatic rings. The number of fused-ring (bicyclic) bond motifs is 1. The number of carboxylic acid groups (broad SMARTS) is 1. The van der Waals surface area contributed by atoms with E-state index in [1.54, 1.807) is 19.1 Å². The molecule has 0 unspecified atom stereocenters. The third kappa shape index (κ3) is 3.87. The van der Waals surface area contributed by atoms with Crippen LogP contribution in [0.5, 0.6) is 11.6 Å². The standard InChI is InChI=1S/C23H15F2NO5/c1-12-15-8-7-14(30-21-18(24)6-3-9-26-21)11-19(15)31-23(29)17(12)10-13-4-2-5-16(20(13)25)22(27)28/h2-9,11H,10H2,1H3,(H,27,28). The molecule has 0 radical (unpaired) electrons. The van der Waals surface area contributed by atoms with Gasteiger partial charge in [-0.05, 0) is 48.4 Å².